The van der Waals surface area contributed by atoms with E-state index in [4.69, 9.17) is 16.6 Å². The third-order valence-corrected chi connectivity index (χ3v) is 5.39. The third-order valence-electron chi connectivity index (χ3n) is 3.72. The van der Waals surface area contributed by atoms with Crippen LogP contribution in [0.2, 0.25) is 5.02 Å². The first-order valence-electron chi connectivity index (χ1n) is 7.79. The number of carbonyl (C=O) groups excluding carboxylic acids is 1. The number of carbonyl (C=O) groups is 1. The largest absolute Gasteiger partial charge is 0.313 e. The van der Waals surface area contributed by atoms with Crippen molar-refractivity contribution in [3.63, 3.8) is 0 Å². The highest BCUT2D eigenvalue weighted by Gasteiger charge is 2.30. The summed E-state index contributed by atoms with van der Waals surface area (Å²) < 4.78 is 0. The van der Waals surface area contributed by atoms with Crippen LogP contribution in [0, 0.1) is 0 Å². The Kier molecular flexibility index (Phi) is 4.97. The van der Waals surface area contributed by atoms with Crippen LogP contribution >= 0.6 is 23.4 Å². The quantitative estimate of drug-likeness (QED) is 0.728. The first-order chi connectivity index (χ1) is 11.4. The summed E-state index contributed by atoms with van der Waals surface area (Å²) in [4.78, 5) is 19.5. The predicted octanol–water partition coefficient (Wildman–Crippen LogP) is 4.91. The van der Waals surface area contributed by atoms with Crippen molar-refractivity contribution < 1.29 is 4.79 Å². The lowest BCUT2D eigenvalue weighted by atomic mass is 10.1. The van der Waals surface area contributed by atoms with Gasteiger partial charge in [-0.3, -0.25) is 9.79 Å². The number of para-hydroxylation sites is 1. The zero-order valence-electron chi connectivity index (χ0n) is 13.7. The van der Waals surface area contributed by atoms with E-state index < -0.39 is 0 Å². The molecule has 3 rings (SSSR count). The van der Waals surface area contributed by atoms with Crippen molar-refractivity contribution in [2.24, 2.45) is 4.99 Å². The molecule has 124 valence electrons. The van der Waals surface area contributed by atoms with Gasteiger partial charge in [0.2, 0.25) is 0 Å². The molecule has 0 unspecified atom stereocenters. The van der Waals surface area contributed by atoms with Crippen LogP contribution in [0.1, 0.15) is 24.2 Å². The lowest BCUT2D eigenvalue weighted by Crippen LogP contribution is -2.33. The van der Waals surface area contributed by atoms with Crippen molar-refractivity contribution in [3.8, 4) is 0 Å². The van der Waals surface area contributed by atoms with E-state index in [-0.39, 0.29) is 17.9 Å². The number of Topliss-reactive ketones (excluding diaryl/α,β-unsaturated/α-hetero) is 1. The third kappa shape index (κ3) is 4.00. The van der Waals surface area contributed by atoms with Gasteiger partial charge < -0.3 is 4.90 Å². The average molecular weight is 359 g/mol. The molecule has 2 aromatic rings. The van der Waals surface area contributed by atoms with Crippen molar-refractivity contribution in [1.82, 2.24) is 0 Å². The van der Waals surface area contributed by atoms with Gasteiger partial charge in [-0.25, -0.2) is 0 Å². The zero-order chi connectivity index (χ0) is 17.2. The monoisotopic (exact) mass is 358 g/mol. The van der Waals surface area contributed by atoms with Gasteiger partial charge in [-0.2, -0.15) is 0 Å². The van der Waals surface area contributed by atoms with Crippen LogP contribution in [0.25, 0.3) is 0 Å². The Morgan fingerprint density at radius 3 is 2.42 bits per heavy atom. The second kappa shape index (κ2) is 6.99. The molecule has 1 heterocycles. The Morgan fingerprint density at radius 1 is 1.17 bits per heavy atom. The fourth-order valence-electron chi connectivity index (χ4n) is 2.45. The van der Waals surface area contributed by atoms with E-state index in [1.807, 2.05) is 35.2 Å². The number of halogens is 1. The lowest BCUT2D eigenvalue weighted by molar-refractivity contribution is 0.100. The Balaban J connectivity index is 1.88. The fourth-order valence-corrected chi connectivity index (χ4v) is 3.76. The molecule has 1 aliphatic heterocycles. The zero-order valence-corrected chi connectivity index (χ0v) is 15.3. The first-order valence-corrected chi connectivity index (χ1v) is 9.15. The number of nitrogens with zero attached hydrogens (tertiary/aromatic N) is 2. The summed E-state index contributed by atoms with van der Waals surface area (Å²) in [6.07, 6.45) is 0. The highest BCUT2D eigenvalue weighted by atomic mass is 35.5. The molecule has 0 saturated heterocycles. The average Bonchev–Trinajstić information content (AvgIpc) is 2.93. The van der Waals surface area contributed by atoms with Crippen LogP contribution in [0.15, 0.2) is 59.6 Å². The number of rotatable bonds is 4. The van der Waals surface area contributed by atoms with Crippen molar-refractivity contribution >= 4 is 40.0 Å². The van der Waals surface area contributed by atoms with Crippen LogP contribution in [0.3, 0.4) is 0 Å². The predicted molar refractivity (Wildman–Crippen MR) is 104 cm³/mol. The van der Waals surface area contributed by atoms with E-state index in [0.717, 1.165) is 16.6 Å². The SMILES string of the molecule is CC1(C)CSC(N(CC(=O)c2ccc(Cl)cc2)c2ccccc2)=N1. The van der Waals surface area contributed by atoms with Gasteiger partial charge in [0.05, 0.1) is 12.1 Å². The topological polar surface area (TPSA) is 32.7 Å². The maximum absolute atomic E-state index is 12.7. The van der Waals surface area contributed by atoms with Crippen molar-refractivity contribution in [3.05, 3.63) is 65.2 Å². The van der Waals surface area contributed by atoms with Crippen LogP contribution in [0.4, 0.5) is 5.69 Å². The second-order valence-electron chi connectivity index (χ2n) is 6.35. The second-order valence-corrected chi connectivity index (χ2v) is 7.73. The van der Waals surface area contributed by atoms with Gasteiger partial charge in [0.15, 0.2) is 11.0 Å². The van der Waals surface area contributed by atoms with E-state index in [2.05, 4.69) is 13.8 Å². The molecule has 0 bridgehead atoms. The summed E-state index contributed by atoms with van der Waals surface area (Å²) >= 11 is 7.60. The maximum Gasteiger partial charge on any atom is 0.182 e. The van der Waals surface area contributed by atoms with Crippen LogP contribution in [-0.4, -0.2) is 28.8 Å². The number of benzene rings is 2. The molecule has 0 amide bonds. The van der Waals surface area contributed by atoms with Gasteiger partial charge in [0.25, 0.3) is 0 Å². The molecular formula is C19H19ClN2OS. The molecule has 0 fully saturated rings. The Hall–Kier alpha value is -1.78. The molecule has 0 atom stereocenters. The van der Waals surface area contributed by atoms with Crippen LogP contribution in [-0.2, 0) is 0 Å². The van der Waals surface area contributed by atoms with Gasteiger partial charge in [-0.15, -0.1) is 0 Å². The highest BCUT2D eigenvalue weighted by molar-refractivity contribution is 8.14. The molecule has 3 nitrogen and oxygen atoms in total. The molecule has 0 radical (unpaired) electrons. The van der Waals surface area contributed by atoms with Gasteiger partial charge in [0.1, 0.15) is 0 Å². The minimum absolute atomic E-state index is 0.0449. The maximum atomic E-state index is 12.7. The molecule has 24 heavy (non-hydrogen) atoms. The molecule has 0 N–H and O–H groups in total. The first kappa shape index (κ1) is 17.1. The summed E-state index contributed by atoms with van der Waals surface area (Å²) in [5.41, 5.74) is 1.53. The molecule has 1 aliphatic rings. The number of anilines is 1. The minimum atomic E-state index is -0.101. The Morgan fingerprint density at radius 2 is 1.83 bits per heavy atom. The van der Waals surface area contributed by atoms with Crippen molar-refractivity contribution in [2.75, 3.05) is 17.2 Å². The summed E-state index contributed by atoms with van der Waals surface area (Å²) in [5.74, 6) is 0.962. The van der Waals surface area contributed by atoms with Gasteiger partial charge in [-0.1, -0.05) is 41.6 Å². The number of amidine groups is 1. The number of ketones is 1. The number of hydrogen-bond donors (Lipinski definition) is 0. The van der Waals surface area contributed by atoms with E-state index >= 15 is 0 Å². The molecule has 0 aromatic heterocycles. The Bertz CT molecular complexity index is 757. The van der Waals surface area contributed by atoms with Gasteiger partial charge in [-0.05, 0) is 50.2 Å². The standard InChI is InChI=1S/C19H19ClN2OS/c1-19(2)13-24-18(21-19)22(16-6-4-3-5-7-16)12-17(23)14-8-10-15(20)11-9-14/h3-11H,12-13H2,1-2H3. The molecule has 2 aromatic carbocycles. The molecule has 0 spiro atoms. The minimum Gasteiger partial charge on any atom is -0.313 e. The van der Waals surface area contributed by atoms with Gasteiger partial charge in [0, 0.05) is 22.0 Å². The van der Waals surface area contributed by atoms with Gasteiger partial charge >= 0.3 is 0 Å². The van der Waals surface area contributed by atoms with Crippen LogP contribution in [0.5, 0.6) is 0 Å². The van der Waals surface area contributed by atoms with E-state index in [1.165, 1.54) is 0 Å². The number of aliphatic imine (C=N–C) groups is 1. The van der Waals surface area contributed by atoms with E-state index in [1.54, 1.807) is 36.0 Å². The molecular weight excluding hydrogens is 340 g/mol. The smallest absolute Gasteiger partial charge is 0.182 e. The van der Waals surface area contributed by atoms with E-state index in [9.17, 15) is 4.79 Å². The number of hydrogen-bond acceptors (Lipinski definition) is 4. The molecule has 0 saturated carbocycles. The summed E-state index contributed by atoms with van der Waals surface area (Å²) in [7, 11) is 0. The normalized spacial score (nSPS) is 15.9. The molecule has 0 aliphatic carbocycles. The summed E-state index contributed by atoms with van der Waals surface area (Å²) in [5, 5.41) is 1.53. The van der Waals surface area contributed by atoms with Crippen molar-refractivity contribution in [2.45, 2.75) is 19.4 Å². The number of thioether (sulfide) groups is 1. The fraction of sp³-hybridized carbons (Fsp3) is 0.263. The van der Waals surface area contributed by atoms with Crippen molar-refractivity contribution in [1.29, 1.82) is 0 Å². The Labute approximate surface area is 151 Å². The van der Waals surface area contributed by atoms with Crippen LogP contribution < -0.4 is 4.90 Å². The van der Waals surface area contributed by atoms with E-state index in [0.29, 0.717) is 10.6 Å². The summed E-state index contributed by atoms with van der Waals surface area (Å²) in [6, 6.07) is 16.9. The highest BCUT2D eigenvalue weighted by Crippen LogP contribution is 2.31. The lowest BCUT2D eigenvalue weighted by Gasteiger charge is -2.23. The summed E-state index contributed by atoms with van der Waals surface area (Å²) in [6.45, 7) is 4.47. The molecule has 5 heteroatoms.